The first-order chi connectivity index (χ1) is 9.79. The number of hydrogen-bond donors (Lipinski definition) is 2. The normalized spacial score (nSPS) is 17.3. The van der Waals surface area contributed by atoms with Crippen LogP contribution < -0.4 is 10.6 Å². The van der Waals surface area contributed by atoms with E-state index in [1.807, 2.05) is 25.1 Å². The Balaban J connectivity index is 0.00000220. The summed E-state index contributed by atoms with van der Waals surface area (Å²) < 4.78 is 5.45. The van der Waals surface area contributed by atoms with Crippen molar-refractivity contribution < 1.29 is 9.53 Å². The number of rotatable bonds is 7. The Labute approximate surface area is 133 Å². The van der Waals surface area contributed by atoms with Gasteiger partial charge in [0.05, 0.1) is 6.61 Å². The van der Waals surface area contributed by atoms with Crippen LogP contribution in [0.4, 0.5) is 0 Å². The molecule has 2 N–H and O–H groups in total. The molecule has 0 aliphatic carbocycles. The molecule has 1 heterocycles. The van der Waals surface area contributed by atoms with Crippen molar-refractivity contribution in [2.24, 2.45) is 0 Å². The van der Waals surface area contributed by atoms with Crippen LogP contribution in [0.5, 0.6) is 0 Å². The van der Waals surface area contributed by atoms with Crippen LogP contribution in [0.1, 0.15) is 37.3 Å². The second-order valence-electron chi connectivity index (χ2n) is 5.18. The Bertz CT molecular complexity index is 434. The number of benzene rings is 1. The average Bonchev–Trinajstić information content (AvgIpc) is 2.96. The van der Waals surface area contributed by atoms with Gasteiger partial charge < -0.3 is 15.4 Å². The lowest BCUT2D eigenvalue weighted by Gasteiger charge is -2.13. The lowest BCUT2D eigenvalue weighted by molar-refractivity contribution is -0.121. The van der Waals surface area contributed by atoms with E-state index in [-0.39, 0.29) is 18.3 Å². The van der Waals surface area contributed by atoms with Gasteiger partial charge >= 0.3 is 0 Å². The van der Waals surface area contributed by atoms with E-state index < -0.39 is 0 Å². The summed E-state index contributed by atoms with van der Waals surface area (Å²) in [6, 6.07) is 8.45. The summed E-state index contributed by atoms with van der Waals surface area (Å²) in [6.07, 6.45) is 2.86. The van der Waals surface area contributed by atoms with Crippen molar-refractivity contribution in [2.75, 3.05) is 13.2 Å². The summed E-state index contributed by atoms with van der Waals surface area (Å²) in [7, 11) is 0. The monoisotopic (exact) mass is 312 g/mol. The van der Waals surface area contributed by atoms with E-state index in [9.17, 15) is 4.79 Å². The zero-order valence-corrected chi connectivity index (χ0v) is 13.4. The molecule has 4 nitrogen and oxygen atoms in total. The van der Waals surface area contributed by atoms with Crippen LogP contribution in [0, 0.1) is 0 Å². The van der Waals surface area contributed by atoms with Gasteiger partial charge in [-0.05, 0) is 37.4 Å². The van der Waals surface area contributed by atoms with Crippen molar-refractivity contribution in [3.63, 3.8) is 0 Å². The number of amides is 1. The molecule has 0 saturated carbocycles. The maximum atomic E-state index is 11.9. The molecule has 0 bridgehead atoms. The summed E-state index contributed by atoms with van der Waals surface area (Å²) >= 11 is 0. The third-order valence-corrected chi connectivity index (χ3v) is 3.65. The van der Waals surface area contributed by atoms with Crippen molar-refractivity contribution in [2.45, 2.75) is 45.4 Å². The number of halogens is 1. The van der Waals surface area contributed by atoms with Gasteiger partial charge in [-0.1, -0.05) is 24.3 Å². The second-order valence-corrected chi connectivity index (χ2v) is 5.18. The molecule has 1 fully saturated rings. The molecule has 1 unspecified atom stereocenters. The Morgan fingerprint density at radius 1 is 1.38 bits per heavy atom. The fourth-order valence-electron chi connectivity index (χ4n) is 2.50. The van der Waals surface area contributed by atoms with Crippen LogP contribution in [-0.4, -0.2) is 25.1 Å². The van der Waals surface area contributed by atoms with E-state index in [1.165, 1.54) is 6.42 Å². The largest absolute Gasteiger partial charge is 0.377 e. The Kier molecular flexibility index (Phi) is 8.35. The summed E-state index contributed by atoms with van der Waals surface area (Å²) in [5.74, 6) is 0.121. The number of hydrogen-bond acceptors (Lipinski definition) is 3. The summed E-state index contributed by atoms with van der Waals surface area (Å²) in [6.45, 7) is 4.91. The van der Waals surface area contributed by atoms with Crippen molar-refractivity contribution in [3.8, 4) is 0 Å². The minimum Gasteiger partial charge on any atom is -0.377 e. The van der Waals surface area contributed by atoms with Gasteiger partial charge in [0, 0.05) is 25.6 Å². The van der Waals surface area contributed by atoms with Gasteiger partial charge in [0.15, 0.2) is 0 Å². The van der Waals surface area contributed by atoms with Gasteiger partial charge in [0.25, 0.3) is 0 Å². The van der Waals surface area contributed by atoms with Crippen molar-refractivity contribution in [1.29, 1.82) is 0 Å². The Morgan fingerprint density at radius 2 is 2.14 bits per heavy atom. The smallest absolute Gasteiger partial charge is 0.221 e. The number of carbonyl (C=O) groups is 1. The molecule has 0 radical (unpaired) electrons. The zero-order valence-electron chi connectivity index (χ0n) is 12.6. The fourth-order valence-corrected chi connectivity index (χ4v) is 2.50. The molecule has 21 heavy (non-hydrogen) atoms. The van der Waals surface area contributed by atoms with E-state index in [4.69, 9.17) is 4.74 Å². The predicted molar refractivity (Wildman–Crippen MR) is 86.5 cm³/mol. The van der Waals surface area contributed by atoms with Gasteiger partial charge in [0.1, 0.15) is 0 Å². The highest BCUT2D eigenvalue weighted by Crippen LogP contribution is 2.11. The topological polar surface area (TPSA) is 50.4 Å². The average molecular weight is 313 g/mol. The minimum absolute atomic E-state index is 0. The SMILES string of the molecule is CCOCc1ccccc1CNC(=O)CC1CCCN1.Cl. The van der Waals surface area contributed by atoms with Crippen molar-refractivity contribution >= 4 is 18.3 Å². The van der Waals surface area contributed by atoms with E-state index in [0.29, 0.717) is 32.2 Å². The molecule has 1 aliphatic rings. The molecule has 5 heteroatoms. The lowest BCUT2D eigenvalue weighted by atomic mass is 10.1. The van der Waals surface area contributed by atoms with Crippen LogP contribution in [0.2, 0.25) is 0 Å². The minimum atomic E-state index is 0. The van der Waals surface area contributed by atoms with Gasteiger partial charge in [-0.15, -0.1) is 12.4 Å². The first kappa shape index (κ1) is 18.0. The van der Waals surface area contributed by atoms with Gasteiger partial charge in [-0.25, -0.2) is 0 Å². The zero-order chi connectivity index (χ0) is 14.2. The Morgan fingerprint density at radius 3 is 2.81 bits per heavy atom. The molecule has 1 amide bonds. The number of ether oxygens (including phenoxy) is 1. The molecule has 2 rings (SSSR count). The fraction of sp³-hybridized carbons (Fsp3) is 0.562. The summed E-state index contributed by atoms with van der Waals surface area (Å²) in [5.41, 5.74) is 2.28. The molecule has 1 atom stereocenters. The van der Waals surface area contributed by atoms with Gasteiger partial charge in [-0.2, -0.15) is 0 Å². The quantitative estimate of drug-likeness (QED) is 0.813. The highest BCUT2D eigenvalue weighted by atomic mass is 35.5. The molecular weight excluding hydrogens is 288 g/mol. The van der Waals surface area contributed by atoms with E-state index >= 15 is 0 Å². The summed E-state index contributed by atoms with van der Waals surface area (Å²) in [5, 5.41) is 6.35. The number of nitrogens with one attached hydrogen (secondary N) is 2. The molecule has 118 valence electrons. The molecule has 1 aliphatic heterocycles. The molecular formula is C16H25ClN2O2. The van der Waals surface area contributed by atoms with E-state index in [2.05, 4.69) is 16.7 Å². The maximum Gasteiger partial charge on any atom is 0.221 e. The molecule has 1 saturated heterocycles. The Hall–Kier alpha value is -1.10. The molecule has 0 aromatic heterocycles. The first-order valence-corrected chi connectivity index (χ1v) is 7.44. The predicted octanol–water partition coefficient (Wildman–Crippen LogP) is 2.40. The van der Waals surface area contributed by atoms with Crippen LogP contribution >= 0.6 is 12.4 Å². The molecule has 1 aromatic rings. The van der Waals surface area contributed by atoms with Crippen molar-refractivity contribution in [1.82, 2.24) is 10.6 Å². The second kappa shape index (κ2) is 9.77. The van der Waals surface area contributed by atoms with Crippen molar-refractivity contribution in [3.05, 3.63) is 35.4 Å². The van der Waals surface area contributed by atoms with Gasteiger partial charge in [-0.3, -0.25) is 4.79 Å². The van der Waals surface area contributed by atoms with Crippen LogP contribution in [0.15, 0.2) is 24.3 Å². The highest BCUT2D eigenvalue weighted by Gasteiger charge is 2.17. The van der Waals surface area contributed by atoms with Gasteiger partial charge in [0.2, 0.25) is 5.91 Å². The highest BCUT2D eigenvalue weighted by molar-refractivity contribution is 5.85. The van der Waals surface area contributed by atoms with Crippen LogP contribution in [-0.2, 0) is 22.7 Å². The van der Waals surface area contributed by atoms with E-state index in [1.54, 1.807) is 0 Å². The summed E-state index contributed by atoms with van der Waals surface area (Å²) in [4.78, 5) is 11.9. The number of carbonyl (C=O) groups excluding carboxylic acids is 1. The lowest BCUT2D eigenvalue weighted by Crippen LogP contribution is -2.31. The molecule has 1 aromatic carbocycles. The third kappa shape index (κ3) is 6.04. The van der Waals surface area contributed by atoms with Crippen LogP contribution in [0.3, 0.4) is 0 Å². The standard InChI is InChI=1S/C16H24N2O2.ClH/c1-2-20-12-14-7-4-3-6-13(14)11-18-16(19)10-15-8-5-9-17-15;/h3-4,6-7,15,17H,2,5,8-12H2,1H3,(H,18,19);1H. The first-order valence-electron chi connectivity index (χ1n) is 7.44. The van der Waals surface area contributed by atoms with Crippen LogP contribution in [0.25, 0.3) is 0 Å². The third-order valence-electron chi connectivity index (χ3n) is 3.65. The van der Waals surface area contributed by atoms with E-state index in [0.717, 1.165) is 24.1 Å². The maximum absolute atomic E-state index is 11.9. The molecule has 0 spiro atoms.